The monoisotopic (exact) mass is 509 g/mol. The summed E-state index contributed by atoms with van der Waals surface area (Å²) in [5, 5.41) is 14.5. The predicted molar refractivity (Wildman–Crippen MR) is 150 cm³/mol. The molecule has 1 aromatic heterocycles. The maximum Gasteiger partial charge on any atom is 0.253 e. The Balaban J connectivity index is 1.51. The van der Waals surface area contributed by atoms with Crippen LogP contribution in [0, 0.1) is 0 Å². The standard InChI is InChI=1S/C30H31N5O3/c1-3-31-28(36)22-11-14-24-25(19-22)33-29(37)26(24)27(20-7-5-4-6-8-20)32-23-12-9-21(10-13-23)30(38)35-17-15-34(2)16-18-35/h4-14,19,33,37H,3,15-18H2,1-2H3,(H,31,36). The van der Waals surface area contributed by atoms with Gasteiger partial charge in [0.2, 0.25) is 0 Å². The van der Waals surface area contributed by atoms with Crippen LogP contribution in [0.1, 0.15) is 38.8 Å². The van der Waals surface area contributed by atoms with Gasteiger partial charge in [0.15, 0.2) is 5.88 Å². The number of fused-ring (bicyclic) bond motifs is 1. The third-order valence-electron chi connectivity index (χ3n) is 6.81. The van der Waals surface area contributed by atoms with E-state index in [0.717, 1.165) is 37.1 Å². The van der Waals surface area contributed by atoms with Crippen LogP contribution >= 0.6 is 0 Å². The minimum Gasteiger partial charge on any atom is -0.494 e. The number of hydrogen-bond acceptors (Lipinski definition) is 5. The molecule has 8 nitrogen and oxygen atoms in total. The SMILES string of the molecule is CCNC(=O)c1ccc2c(C(=Nc3ccc(C(=O)N4CCN(C)CC4)cc3)c3ccccc3)c(O)[nH]c2c1. The van der Waals surface area contributed by atoms with Gasteiger partial charge in [-0.25, -0.2) is 4.99 Å². The van der Waals surface area contributed by atoms with Gasteiger partial charge in [-0.1, -0.05) is 36.4 Å². The van der Waals surface area contributed by atoms with Crippen molar-refractivity contribution in [2.45, 2.75) is 6.92 Å². The number of likely N-dealkylation sites (N-methyl/N-ethyl adjacent to an activating group) is 1. The normalized spacial score (nSPS) is 14.6. The fourth-order valence-corrected chi connectivity index (χ4v) is 4.69. The number of carbonyl (C=O) groups is 2. The first-order valence-electron chi connectivity index (χ1n) is 12.8. The van der Waals surface area contributed by atoms with Crippen LogP contribution in [0.5, 0.6) is 5.88 Å². The average molecular weight is 510 g/mol. The number of aliphatic imine (C=N–C) groups is 1. The molecular formula is C30H31N5O3. The van der Waals surface area contributed by atoms with Gasteiger partial charge in [-0.05, 0) is 50.4 Å². The lowest BCUT2D eigenvalue weighted by atomic mass is 10.00. The number of carbonyl (C=O) groups excluding carboxylic acids is 2. The first-order chi connectivity index (χ1) is 18.4. The number of amides is 2. The molecule has 3 N–H and O–H groups in total. The van der Waals surface area contributed by atoms with E-state index >= 15 is 0 Å². The van der Waals surface area contributed by atoms with E-state index < -0.39 is 0 Å². The summed E-state index contributed by atoms with van der Waals surface area (Å²) >= 11 is 0. The Labute approximate surface area is 221 Å². The Bertz CT molecular complexity index is 1480. The van der Waals surface area contributed by atoms with Crippen LogP contribution < -0.4 is 5.32 Å². The maximum absolute atomic E-state index is 13.0. The number of H-pyrrole nitrogens is 1. The molecule has 5 rings (SSSR count). The van der Waals surface area contributed by atoms with E-state index in [0.29, 0.717) is 40.2 Å². The number of nitrogens with zero attached hydrogens (tertiary/aromatic N) is 3. The zero-order valence-electron chi connectivity index (χ0n) is 21.6. The lowest BCUT2D eigenvalue weighted by Gasteiger charge is -2.32. The molecule has 2 heterocycles. The van der Waals surface area contributed by atoms with Crippen LogP contribution in [0.25, 0.3) is 10.9 Å². The molecule has 0 bridgehead atoms. The van der Waals surface area contributed by atoms with E-state index in [9.17, 15) is 14.7 Å². The topological polar surface area (TPSA) is 101 Å². The third-order valence-corrected chi connectivity index (χ3v) is 6.81. The molecule has 0 unspecified atom stereocenters. The van der Waals surface area contributed by atoms with Crippen molar-refractivity contribution in [2.75, 3.05) is 39.8 Å². The molecule has 2 amide bonds. The van der Waals surface area contributed by atoms with Crippen LogP contribution in [0.2, 0.25) is 0 Å². The molecule has 0 aliphatic carbocycles. The van der Waals surface area contributed by atoms with Crippen molar-refractivity contribution < 1.29 is 14.7 Å². The molecule has 0 spiro atoms. The molecule has 1 saturated heterocycles. The maximum atomic E-state index is 13.0. The van der Waals surface area contributed by atoms with Crippen LogP contribution in [0.4, 0.5) is 5.69 Å². The molecule has 4 aromatic rings. The Morgan fingerprint density at radius 1 is 0.921 bits per heavy atom. The number of piperazine rings is 1. The minimum atomic E-state index is -0.173. The van der Waals surface area contributed by atoms with E-state index in [2.05, 4.69) is 22.2 Å². The molecule has 8 heteroatoms. The van der Waals surface area contributed by atoms with Gasteiger partial charge >= 0.3 is 0 Å². The van der Waals surface area contributed by atoms with Gasteiger partial charge in [-0.15, -0.1) is 0 Å². The summed E-state index contributed by atoms with van der Waals surface area (Å²) in [6.45, 7) is 5.57. The zero-order valence-corrected chi connectivity index (χ0v) is 21.6. The summed E-state index contributed by atoms with van der Waals surface area (Å²) in [5.74, 6) is -0.181. The van der Waals surface area contributed by atoms with Gasteiger partial charge in [-0.2, -0.15) is 0 Å². The van der Waals surface area contributed by atoms with Crippen molar-refractivity contribution in [1.82, 2.24) is 20.1 Å². The van der Waals surface area contributed by atoms with Crippen molar-refractivity contribution in [3.63, 3.8) is 0 Å². The second-order valence-electron chi connectivity index (χ2n) is 9.44. The van der Waals surface area contributed by atoms with Crippen LogP contribution in [0.15, 0.2) is 77.8 Å². The van der Waals surface area contributed by atoms with Crippen LogP contribution in [-0.2, 0) is 0 Å². The van der Waals surface area contributed by atoms with Crippen molar-refractivity contribution in [2.24, 2.45) is 4.99 Å². The van der Waals surface area contributed by atoms with Crippen LogP contribution in [0.3, 0.4) is 0 Å². The molecule has 0 radical (unpaired) electrons. The van der Waals surface area contributed by atoms with E-state index in [-0.39, 0.29) is 17.7 Å². The van der Waals surface area contributed by atoms with E-state index in [1.807, 2.05) is 60.4 Å². The lowest BCUT2D eigenvalue weighted by molar-refractivity contribution is 0.0664. The number of aromatic nitrogens is 1. The van der Waals surface area contributed by atoms with Crippen LogP contribution in [-0.4, -0.2) is 77.2 Å². The van der Waals surface area contributed by atoms with Crippen molar-refractivity contribution in [3.05, 3.63) is 95.1 Å². The molecule has 3 aromatic carbocycles. The van der Waals surface area contributed by atoms with Gasteiger partial charge in [-0.3, -0.25) is 9.59 Å². The number of nitrogens with one attached hydrogen (secondary N) is 2. The molecule has 1 aliphatic rings. The molecule has 1 fully saturated rings. The van der Waals surface area contributed by atoms with Gasteiger partial charge < -0.3 is 25.2 Å². The highest BCUT2D eigenvalue weighted by Crippen LogP contribution is 2.32. The highest BCUT2D eigenvalue weighted by Gasteiger charge is 2.22. The number of aromatic amines is 1. The predicted octanol–water partition coefficient (Wildman–Crippen LogP) is 4.18. The Hall–Kier alpha value is -4.43. The van der Waals surface area contributed by atoms with Crippen molar-refractivity contribution in [1.29, 1.82) is 0 Å². The first kappa shape index (κ1) is 25.2. The summed E-state index contributed by atoms with van der Waals surface area (Å²) in [6.07, 6.45) is 0. The van der Waals surface area contributed by atoms with E-state index in [4.69, 9.17) is 4.99 Å². The second kappa shape index (κ2) is 10.9. The molecular weight excluding hydrogens is 478 g/mol. The molecule has 1 aliphatic heterocycles. The number of hydrogen-bond donors (Lipinski definition) is 3. The minimum absolute atomic E-state index is 0.0223. The summed E-state index contributed by atoms with van der Waals surface area (Å²) in [5.41, 5.74) is 4.39. The highest BCUT2D eigenvalue weighted by molar-refractivity contribution is 6.22. The summed E-state index contributed by atoms with van der Waals surface area (Å²) in [4.78, 5) is 37.3. The van der Waals surface area contributed by atoms with Gasteiger partial charge in [0.05, 0.1) is 17.0 Å². The number of rotatable bonds is 6. The Morgan fingerprint density at radius 3 is 2.29 bits per heavy atom. The van der Waals surface area contributed by atoms with Gasteiger partial charge in [0.1, 0.15) is 0 Å². The first-order valence-corrected chi connectivity index (χ1v) is 12.8. The molecule has 0 saturated carbocycles. The number of aromatic hydroxyl groups is 1. The molecule has 194 valence electrons. The van der Waals surface area contributed by atoms with Crippen molar-refractivity contribution in [3.8, 4) is 5.88 Å². The third kappa shape index (κ3) is 5.17. The highest BCUT2D eigenvalue weighted by atomic mass is 16.3. The Kier molecular flexibility index (Phi) is 7.24. The molecule has 38 heavy (non-hydrogen) atoms. The summed E-state index contributed by atoms with van der Waals surface area (Å²) in [7, 11) is 2.06. The quantitative estimate of drug-likeness (QED) is 0.340. The largest absolute Gasteiger partial charge is 0.494 e. The zero-order chi connectivity index (χ0) is 26.6. The summed E-state index contributed by atoms with van der Waals surface area (Å²) in [6, 6.07) is 22.2. The second-order valence-corrected chi connectivity index (χ2v) is 9.44. The average Bonchev–Trinajstić information content (AvgIpc) is 3.27. The lowest BCUT2D eigenvalue weighted by Crippen LogP contribution is -2.47. The van der Waals surface area contributed by atoms with Gasteiger partial charge in [0, 0.05) is 60.3 Å². The fourth-order valence-electron chi connectivity index (χ4n) is 4.69. The van der Waals surface area contributed by atoms with E-state index in [1.165, 1.54) is 0 Å². The smallest absolute Gasteiger partial charge is 0.253 e. The Morgan fingerprint density at radius 2 is 1.61 bits per heavy atom. The van der Waals surface area contributed by atoms with Gasteiger partial charge in [0.25, 0.3) is 11.8 Å². The fraction of sp³-hybridized carbons (Fsp3) is 0.233. The number of benzene rings is 3. The molecule has 0 atom stereocenters. The van der Waals surface area contributed by atoms with Crippen molar-refractivity contribution >= 4 is 34.1 Å². The summed E-state index contributed by atoms with van der Waals surface area (Å²) < 4.78 is 0. The van der Waals surface area contributed by atoms with E-state index in [1.54, 1.807) is 24.3 Å².